The fraction of sp³-hybridized carbons (Fsp3) is 0.0455. The van der Waals surface area contributed by atoms with Crippen LogP contribution >= 0.6 is 24.0 Å². The van der Waals surface area contributed by atoms with E-state index in [1.807, 2.05) is 0 Å². The molecular formula is C22H14N2O5S2. The Morgan fingerprint density at radius 1 is 1.16 bits per heavy atom. The summed E-state index contributed by atoms with van der Waals surface area (Å²) in [4.78, 5) is 36.9. The number of hydrogen-bond donors (Lipinski definition) is 0. The van der Waals surface area contributed by atoms with Gasteiger partial charge in [-0.1, -0.05) is 48.2 Å². The Balaban J connectivity index is 1.61. The Morgan fingerprint density at radius 2 is 1.94 bits per heavy atom. The maximum atomic E-state index is 12.9. The molecule has 31 heavy (non-hydrogen) atoms. The molecule has 0 saturated carbocycles. The predicted molar refractivity (Wildman–Crippen MR) is 123 cm³/mol. The third kappa shape index (κ3) is 4.18. The molecule has 0 radical (unpaired) electrons. The summed E-state index contributed by atoms with van der Waals surface area (Å²) < 4.78 is 6.12. The topological polar surface area (TPSA) is 93.7 Å². The van der Waals surface area contributed by atoms with Gasteiger partial charge in [0, 0.05) is 29.3 Å². The Bertz CT molecular complexity index is 1280. The van der Waals surface area contributed by atoms with Crippen molar-refractivity contribution in [2.45, 2.75) is 6.92 Å². The number of carbonyl (C=O) groups excluding carboxylic acids is 2. The summed E-state index contributed by atoms with van der Waals surface area (Å²) in [6, 6.07) is 16.2. The van der Waals surface area contributed by atoms with E-state index in [4.69, 9.17) is 16.6 Å². The SMILES string of the molecule is CC(=O)c1cccc(N2C(=O)/C(=C\c3ccc(-c4cccc([N+](=O)[O-])c4)o3)SC2=S)c1. The number of ketones is 1. The number of benzene rings is 2. The van der Waals surface area contributed by atoms with Gasteiger partial charge in [0.05, 0.1) is 15.5 Å². The lowest BCUT2D eigenvalue weighted by Crippen LogP contribution is -2.27. The number of furan rings is 1. The number of non-ortho nitro benzene ring substituents is 1. The largest absolute Gasteiger partial charge is 0.457 e. The van der Waals surface area contributed by atoms with Gasteiger partial charge in [-0.2, -0.15) is 0 Å². The minimum Gasteiger partial charge on any atom is -0.457 e. The van der Waals surface area contributed by atoms with Gasteiger partial charge in [-0.05, 0) is 31.2 Å². The standard InChI is InChI=1S/C22H14N2O5S2/c1-13(25)14-4-2-6-16(10-14)23-21(26)20(31-22(23)30)12-18-8-9-19(29-18)15-5-3-7-17(11-15)24(27)28/h2-12H,1H3/b20-12+. The molecule has 0 unspecified atom stereocenters. The van der Waals surface area contributed by atoms with Gasteiger partial charge in [-0.15, -0.1) is 0 Å². The lowest BCUT2D eigenvalue weighted by Gasteiger charge is -2.15. The monoisotopic (exact) mass is 450 g/mol. The number of Topliss-reactive ketones (excluding diaryl/α,β-unsaturated/α-hetero) is 1. The highest BCUT2D eigenvalue weighted by Gasteiger charge is 2.33. The van der Waals surface area contributed by atoms with E-state index >= 15 is 0 Å². The first-order chi connectivity index (χ1) is 14.8. The Hall–Kier alpha value is -3.56. The van der Waals surface area contributed by atoms with Gasteiger partial charge >= 0.3 is 0 Å². The van der Waals surface area contributed by atoms with E-state index in [1.165, 1.54) is 24.0 Å². The number of nitrogens with zero attached hydrogens (tertiary/aromatic N) is 2. The summed E-state index contributed by atoms with van der Waals surface area (Å²) >= 11 is 6.50. The second kappa shape index (κ2) is 8.29. The number of carbonyl (C=O) groups is 2. The van der Waals surface area contributed by atoms with Gasteiger partial charge in [-0.3, -0.25) is 24.6 Å². The summed E-state index contributed by atoms with van der Waals surface area (Å²) in [7, 11) is 0. The molecule has 1 amide bonds. The molecule has 0 spiro atoms. The zero-order chi connectivity index (χ0) is 22.1. The van der Waals surface area contributed by atoms with Crippen LogP contribution in [0.4, 0.5) is 11.4 Å². The third-order valence-electron chi connectivity index (χ3n) is 4.55. The van der Waals surface area contributed by atoms with Crippen LogP contribution in [0.25, 0.3) is 17.4 Å². The second-order valence-corrected chi connectivity index (χ2v) is 8.31. The van der Waals surface area contributed by atoms with Crippen LogP contribution in [0.15, 0.2) is 70.0 Å². The predicted octanol–water partition coefficient (Wildman–Crippen LogP) is 5.46. The number of hydrogen-bond acceptors (Lipinski definition) is 7. The summed E-state index contributed by atoms with van der Waals surface area (Å²) in [6.07, 6.45) is 1.58. The van der Waals surface area contributed by atoms with Gasteiger partial charge in [0.1, 0.15) is 11.5 Å². The van der Waals surface area contributed by atoms with Crippen molar-refractivity contribution in [3.63, 3.8) is 0 Å². The van der Waals surface area contributed by atoms with Gasteiger partial charge in [-0.25, -0.2) is 0 Å². The smallest absolute Gasteiger partial charge is 0.270 e. The molecule has 4 rings (SSSR count). The molecule has 0 aliphatic carbocycles. The van der Waals surface area contributed by atoms with Crippen LogP contribution < -0.4 is 4.90 Å². The minimum atomic E-state index is -0.472. The lowest BCUT2D eigenvalue weighted by atomic mass is 10.1. The van der Waals surface area contributed by atoms with Crippen LogP contribution in [0.2, 0.25) is 0 Å². The first kappa shape index (κ1) is 20.7. The average molecular weight is 450 g/mol. The average Bonchev–Trinajstić information content (AvgIpc) is 3.32. The second-order valence-electron chi connectivity index (χ2n) is 6.63. The molecule has 1 fully saturated rings. The van der Waals surface area contributed by atoms with Crippen molar-refractivity contribution < 1.29 is 18.9 Å². The Labute approximate surface area is 186 Å². The number of amides is 1. The zero-order valence-corrected chi connectivity index (χ0v) is 17.7. The quantitative estimate of drug-likeness (QED) is 0.167. The highest BCUT2D eigenvalue weighted by molar-refractivity contribution is 8.27. The first-order valence-corrected chi connectivity index (χ1v) is 10.3. The van der Waals surface area contributed by atoms with Crippen molar-refractivity contribution in [3.05, 3.63) is 87.0 Å². The van der Waals surface area contributed by atoms with E-state index in [0.29, 0.717) is 37.6 Å². The number of anilines is 1. The fourth-order valence-electron chi connectivity index (χ4n) is 3.04. The summed E-state index contributed by atoms with van der Waals surface area (Å²) in [5.41, 5.74) is 1.53. The van der Waals surface area contributed by atoms with E-state index < -0.39 is 4.92 Å². The molecule has 1 aliphatic heterocycles. The molecule has 9 heteroatoms. The van der Waals surface area contributed by atoms with Gasteiger partial charge in [0.15, 0.2) is 10.1 Å². The first-order valence-electron chi connectivity index (χ1n) is 9.07. The van der Waals surface area contributed by atoms with E-state index in [0.717, 1.165) is 11.8 Å². The molecule has 3 aromatic rings. The van der Waals surface area contributed by atoms with Crippen LogP contribution in [0, 0.1) is 10.1 Å². The molecule has 0 bridgehead atoms. The summed E-state index contributed by atoms with van der Waals surface area (Å²) in [5.74, 6) is 0.440. The molecule has 2 heterocycles. The Kier molecular flexibility index (Phi) is 5.53. The van der Waals surface area contributed by atoms with E-state index in [-0.39, 0.29) is 17.4 Å². The van der Waals surface area contributed by atoms with Gasteiger partial charge < -0.3 is 4.42 Å². The van der Waals surface area contributed by atoms with Crippen molar-refractivity contribution in [2.24, 2.45) is 0 Å². The minimum absolute atomic E-state index is 0.0379. The fourth-order valence-corrected chi connectivity index (χ4v) is 4.32. The summed E-state index contributed by atoms with van der Waals surface area (Å²) in [6.45, 7) is 1.46. The molecule has 0 N–H and O–H groups in total. The number of thioether (sulfide) groups is 1. The van der Waals surface area contributed by atoms with Crippen molar-refractivity contribution in [1.82, 2.24) is 0 Å². The van der Waals surface area contributed by atoms with Crippen molar-refractivity contribution in [3.8, 4) is 11.3 Å². The maximum absolute atomic E-state index is 12.9. The zero-order valence-electron chi connectivity index (χ0n) is 16.1. The van der Waals surface area contributed by atoms with E-state index in [2.05, 4.69) is 0 Å². The molecular weight excluding hydrogens is 436 g/mol. The van der Waals surface area contributed by atoms with Crippen LogP contribution in [-0.4, -0.2) is 20.9 Å². The van der Waals surface area contributed by atoms with Gasteiger partial charge in [0.2, 0.25) is 0 Å². The normalized spacial score (nSPS) is 15.0. The summed E-state index contributed by atoms with van der Waals surface area (Å²) in [5, 5.41) is 11.0. The van der Waals surface area contributed by atoms with Crippen LogP contribution in [-0.2, 0) is 4.79 Å². The molecule has 7 nitrogen and oxygen atoms in total. The molecule has 1 aromatic heterocycles. The molecule has 154 valence electrons. The third-order valence-corrected chi connectivity index (χ3v) is 5.85. The van der Waals surface area contributed by atoms with Crippen molar-refractivity contribution >= 4 is 57.4 Å². The van der Waals surface area contributed by atoms with Crippen LogP contribution in [0.3, 0.4) is 0 Å². The molecule has 2 aromatic carbocycles. The molecule has 1 aliphatic rings. The number of nitro benzene ring substituents is 1. The highest BCUT2D eigenvalue weighted by atomic mass is 32.2. The number of rotatable bonds is 5. The maximum Gasteiger partial charge on any atom is 0.270 e. The van der Waals surface area contributed by atoms with E-state index in [1.54, 1.807) is 54.6 Å². The van der Waals surface area contributed by atoms with Crippen molar-refractivity contribution in [1.29, 1.82) is 0 Å². The number of thiocarbonyl (C=S) groups is 1. The van der Waals surface area contributed by atoms with Crippen molar-refractivity contribution in [2.75, 3.05) is 4.90 Å². The lowest BCUT2D eigenvalue weighted by molar-refractivity contribution is -0.384. The number of nitro groups is 1. The van der Waals surface area contributed by atoms with Gasteiger partial charge in [0.25, 0.3) is 11.6 Å². The van der Waals surface area contributed by atoms with E-state index in [9.17, 15) is 19.7 Å². The van der Waals surface area contributed by atoms with Crippen LogP contribution in [0.5, 0.6) is 0 Å². The van der Waals surface area contributed by atoms with Crippen LogP contribution in [0.1, 0.15) is 23.0 Å². The molecule has 0 atom stereocenters. The molecule has 1 saturated heterocycles. The highest BCUT2D eigenvalue weighted by Crippen LogP contribution is 2.37. The Morgan fingerprint density at radius 3 is 2.68 bits per heavy atom.